The molecule has 0 atom stereocenters. The third kappa shape index (κ3) is 3.57. The molecule has 3 aromatic heterocycles. The summed E-state index contributed by atoms with van der Waals surface area (Å²) >= 11 is 3.44. The van der Waals surface area contributed by atoms with Gasteiger partial charge in [-0.2, -0.15) is 0 Å². The Morgan fingerprint density at radius 1 is 1.16 bits per heavy atom. The fourth-order valence-corrected chi connectivity index (χ4v) is 5.36. The van der Waals surface area contributed by atoms with Crippen LogP contribution in [0, 0.1) is 5.82 Å². The molecule has 1 aliphatic rings. The number of hydrogen-bond donors (Lipinski definition) is 0. The molecule has 7 nitrogen and oxygen atoms in total. The van der Waals surface area contributed by atoms with Crippen LogP contribution < -0.4 is 5.69 Å². The van der Waals surface area contributed by atoms with Gasteiger partial charge >= 0.3 is 5.69 Å². The van der Waals surface area contributed by atoms with E-state index in [0.29, 0.717) is 27.1 Å². The number of sulfone groups is 1. The number of nitrogens with zero attached hydrogens (tertiary/aromatic N) is 4. The zero-order chi connectivity index (χ0) is 22.6. The first-order valence-electron chi connectivity index (χ1n) is 10.1. The minimum Gasteiger partial charge on any atom is -0.284 e. The van der Waals surface area contributed by atoms with Gasteiger partial charge in [-0.05, 0) is 52.5 Å². The Kier molecular flexibility index (Phi) is 5.01. The van der Waals surface area contributed by atoms with Gasteiger partial charge in [-0.1, -0.05) is 19.1 Å². The number of hydrogen-bond acceptors (Lipinski definition) is 5. The van der Waals surface area contributed by atoms with E-state index in [-0.39, 0.29) is 33.9 Å². The van der Waals surface area contributed by atoms with Crippen LogP contribution in [0.4, 0.5) is 4.39 Å². The molecule has 0 saturated heterocycles. The number of fused-ring (bicyclic) bond motifs is 1. The van der Waals surface area contributed by atoms with E-state index in [9.17, 15) is 17.6 Å². The molecular weight excluding hydrogens is 499 g/mol. The van der Waals surface area contributed by atoms with Crippen molar-refractivity contribution >= 4 is 31.4 Å². The van der Waals surface area contributed by atoms with E-state index in [0.717, 1.165) is 12.8 Å². The van der Waals surface area contributed by atoms with Gasteiger partial charge < -0.3 is 0 Å². The Morgan fingerprint density at radius 2 is 1.88 bits per heavy atom. The number of aromatic nitrogens is 4. The van der Waals surface area contributed by atoms with Crippen LogP contribution in [0.25, 0.3) is 28.2 Å². The van der Waals surface area contributed by atoms with Gasteiger partial charge in [0.25, 0.3) is 0 Å². The third-order valence-electron chi connectivity index (χ3n) is 5.52. The second-order valence-corrected chi connectivity index (χ2v) is 10.7. The van der Waals surface area contributed by atoms with E-state index in [4.69, 9.17) is 0 Å². The lowest BCUT2D eigenvalue weighted by molar-refractivity contribution is 0.597. The average molecular weight is 517 g/mol. The van der Waals surface area contributed by atoms with Crippen LogP contribution in [0.2, 0.25) is 0 Å². The second kappa shape index (κ2) is 7.63. The molecule has 1 fully saturated rings. The van der Waals surface area contributed by atoms with Crippen LogP contribution in [0.5, 0.6) is 0 Å². The van der Waals surface area contributed by atoms with Gasteiger partial charge in [-0.25, -0.2) is 22.6 Å². The summed E-state index contributed by atoms with van der Waals surface area (Å²) < 4.78 is 42.8. The van der Waals surface area contributed by atoms with E-state index in [1.54, 1.807) is 29.7 Å². The van der Waals surface area contributed by atoms with Crippen LogP contribution in [-0.4, -0.2) is 33.1 Å². The highest BCUT2D eigenvalue weighted by Crippen LogP contribution is 2.36. The topological polar surface area (TPSA) is 86.3 Å². The molecule has 164 valence electrons. The van der Waals surface area contributed by atoms with Crippen molar-refractivity contribution in [3.05, 3.63) is 69.7 Å². The standard InChI is InChI=1S/C22H18BrFN4O3S/c1-2-32(30,31)18-9-14(13-3-5-15(24)6-4-13)11-25-21(18)17-12-27-20(26-17)10-19(23)28(22(27)29)16-7-8-16/h3-6,9-12,16H,2,7-8H2,1H3. The summed E-state index contributed by atoms with van der Waals surface area (Å²) in [5.74, 6) is -0.505. The highest BCUT2D eigenvalue weighted by molar-refractivity contribution is 9.10. The van der Waals surface area contributed by atoms with Gasteiger partial charge in [0.1, 0.15) is 22.9 Å². The van der Waals surface area contributed by atoms with Crippen LogP contribution in [0.3, 0.4) is 0 Å². The monoisotopic (exact) mass is 516 g/mol. The van der Waals surface area contributed by atoms with Crippen molar-refractivity contribution in [2.24, 2.45) is 0 Å². The van der Waals surface area contributed by atoms with E-state index >= 15 is 0 Å². The second-order valence-electron chi connectivity index (χ2n) is 7.69. The van der Waals surface area contributed by atoms with Gasteiger partial charge in [0.2, 0.25) is 0 Å². The Hall–Kier alpha value is -2.85. The molecule has 0 amide bonds. The minimum absolute atomic E-state index is 0.0202. The molecule has 5 rings (SSSR count). The highest BCUT2D eigenvalue weighted by atomic mass is 79.9. The van der Waals surface area contributed by atoms with Crippen molar-refractivity contribution in [2.45, 2.75) is 30.7 Å². The van der Waals surface area contributed by atoms with Gasteiger partial charge in [0.05, 0.1) is 15.3 Å². The molecule has 3 heterocycles. The SMILES string of the molecule is CCS(=O)(=O)c1cc(-c2ccc(F)cc2)cnc1-c1cn2c(=O)n(C3CC3)c(Br)cc2n1. The highest BCUT2D eigenvalue weighted by Gasteiger charge is 2.28. The minimum atomic E-state index is -3.66. The summed E-state index contributed by atoms with van der Waals surface area (Å²) in [6.45, 7) is 1.55. The predicted molar refractivity (Wildman–Crippen MR) is 122 cm³/mol. The van der Waals surface area contributed by atoms with E-state index in [2.05, 4.69) is 25.9 Å². The molecule has 0 unspecified atom stereocenters. The van der Waals surface area contributed by atoms with E-state index in [1.165, 1.54) is 35.0 Å². The zero-order valence-electron chi connectivity index (χ0n) is 17.0. The van der Waals surface area contributed by atoms with Crippen molar-refractivity contribution in [3.63, 3.8) is 0 Å². The van der Waals surface area contributed by atoms with Crippen LogP contribution in [-0.2, 0) is 9.84 Å². The molecule has 0 aliphatic heterocycles. The number of halogens is 2. The maximum atomic E-state index is 13.3. The number of pyridine rings is 1. The van der Waals surface area contributed by atoms with Crippen LogP contribution in [0.1, 0.15) is 25.8 Å². The first-order valence-corrected chi connectivity index (χ1v) is 12.5. The van der Waals surface area contributed by atoms with Gasteiger partial charge in [-0.3, -0.25) is 14.0 Å². The Bertz CT molecular complexity index is 1520. The molecule has 0 spiro atoms. The summed E-state index contributed by atoms with van der Waals surface area (Å²) in [6.07, 6.45) is 4.94. The van der Waals surface area contributed by atoms with Crippen molar-refractivity contribution < 1.29 is 12.8 Å². The fourth-order valence-electron chi connectivity index (χ4n) is 3.64. The largest absolute Gasteiger partial charge is 0.335 e. The molecule has 1 aromatic carbocycles. The molecule has 1 saturated carbocycles. The molecule has 4 aromatic rings. The average Bonchev–Trinajstić information content (AvgIpc) is 3.52. The quantitative estimate of drug-likeness (QED) is 0.370. The van der Waals surface area contributed by atoms with E-state index in [1.807, 2.05) is 0 Å². The van der Waals surface area contributed by atoms with Crippen LogP contribution in [0.15, 0.2) is 63.1 Å². The molecule has 0 N–H and O–H groups in total. The lowest BCUT2D eigenvalue weighted by Crippen LogP contribution is -2.26. The summed E-state index contributed by atoms with van der Waals surface area (Å²) in [4.78, 5) is 21.9. The summed E-state index contributed by atoms with van der Waals surface area (Å²) in [7, 11) is -3.66. The van der Waals surface area contributed by atoms with E-state index < -0.39 is 9.84 Å². The Balaban J connectivity index is 1.70. The smallest absolute Gasteiger partial charge is 0.284 e. The summed E-state index contributed by atoms with van der Waals surface area (Å²) in [5.41, 5.74) is 1.82. The predicted octanol–water partition coefficient (Wildman–Crippen LogP) is 4.26. The lowest BCUT2D eigenvalue weighted by Gasteiger charge is -2.10. The zero-order valence-corrected chi connectivity index (χ0v) is 19.4. The van der Waals surface area contributed by atoms with Gasteiger partial charge in [0.15, 0.2) is 9.84 Å². The van der Waals surface area contributed by atoms with Crippen molar-refractivity contribution in [3.8, 4) is 22.5 Å². The Labute approximate surface area is 191 Å². The third-order valence-corrected chi connectivity index (χ3v) is 7.88. The maximum Gasteiger partial charge on any atom is 0.335 e. The van der Waals surface area contributed by atoms with Gasteiger partial charge in [0, 0.05) is 30.1 Å². The maximum absolute atomic E-state index is 13.3. The molecule has 0 radical (unpaired) electrons. The number of rotatable bonds is 5. The van der Waals surface area contributed by atoms with Crippen molar-refractivity contribution in [1.29, 1.82) is 0 Å². The molecular formula is C22H18BrFN4O3S. The fraction of sp³-hybridized carbons (Fsp3) is 0.227. The number of imidazole rings is 1. The first kappa shape index (κ1) is 21.0. The number of benzene rings is 1. The lowest BCUT2D eigenvalue weighted by atomic mass is 10.1. The summed E-state index contributed by atoms with van der Waals surface area (Å²) in [6, 6.07) is 9.18. The normalized spacial score (nSPS) is 14.2. The van der Waals surface area contributed by atoms with Crippen LogP contribution >= 0.6 is 15.9 Å². The van der Waals surface area contributed by atoms with Crippen molar-refractivity contribution in [1.82, 2.24) is 18.9 Å². The van der Waals surface area contributed by atoms with Gasteiger partial charge in [-0.15, -0.1) is 0 Å². The molecule has 0 bridgehead atoms. The Morgan fingerprint density at radius 3 is 2.53 bits per heavy atom. The molecule has 1 aliphatic carbocycles. The molecule has 32 heavy (non-hydrogen) atoms. The first-order chi connectivity index (χ1) is 15.3. The molecule has 10 heteroatoms. The summed E-state index contributed by atoms with van der Waals surface area (Å²) in [5, 5.41) is 0. The van der Waals surface area contributed by atoms with Crippen molar-refractivity contribution in [2.75, 3.05) is 5.75 Å².